The summed E-state index contributed by atoms with van der Waals surface area (Å²) in [6.45, 7) is 2.00. The Morgan fingerprint density at radius 1 is 1.26 bits per heavy atom. The maximum atomic E-state index is 11.2. The van der Waals surface area contributed by atoms with Crippen LogP contribution < -0.4 is 10.1 Å². The second-order valence-electron chi connectivity index (χ2n) is 7.81. The average Bonchev–Trinajstić information content (AvgIpc) is 3.25. The molecule has 0 atom stereocenters. The van der Waals surface area contributed by atoms with Crippen molar-refractivity contribution < 1.29 is 19.7 Å². The number of carbonyl (C=O) groups is 1. The van der Waals surface area contributed by atoms with Gasteiger partial charge in [-0.05, 0) is 55.9 Å². The summed E-state index contributed by atoms with van der Waals surface area (Å²) in [6.07, 6.45) is 5.12. The molecule has 3 N–H and O–H groups in total. The number of benzene rings is 1. The summed E-state index contributed by atoms with van der Waals surface area (Å²) in [6, 6.07) is 7.72. The Labute approximate surface area is 184 Å². The summed E-state index contributed by atoms with van der Waals surface area (Å²) in [5.41, 5.74) is 1.79. The first-order valence-corrected chi connectivity index (χ1v) is 10.9. The number of methoxy groups -OCH3 is 1. The molecule has 8 nitrogen and oxygen atoms in total. The molecular weight excluding hydrogens is 416 g/mol. The summed E-state index contributed by atoms with van der Waals surface area (Å²) in [5.74, 6) is -0.264. The number of hydrogen-bond acceptors (Lipinski definition) is 8. The number of aromatic nitrogens is 3. The molecule has 1 saturated carbocycles. The zero-order chi connectivity index (χ0) is 22.0. The Morgan fingerprint density at radius 2 is 2.03 bits per heavy atom. The Morgan fingerprint density at radius 3 is 2.74 bits per heavy atom. The van der Waals surface area contributed by atoms with Crippen LogP contribution in [0.2, 0.25) is 0 Å². The van der Waals surface area contributed by atoms with Crippen molar-refractivity contribution in [2.75, 3.05) is 12.4 Å². The van der Waals surface area contributed by atoms with Gasteiger partial charge in [0.05, 0.1) is 17.9 Å². The highest BCUT2D eigenvalue weighted by molar-refractivity contribution is 7.15. The topological polar surface area (TPSA) is 117 Å². The molecule has 3 aromatic rings. The van der Waals surface area contributed by atoms with Gasteiger partial charge >= 0.3 is 5.97 Å². The van der Waals surface area contributed by atoms with E-state index in [-0.39, 0.29) is 5.92 Å². The predicted octanol–water partition coefficient (Wildman–Crippen LogP) is 4.12. The van der Waals surface area contributed by atoms with E-state index in [1.807, 2.05) is 19.1 Å². The summed E-state index contributed by atoms with van der Waals surface area (Å²) in [4.78, 5) is 25.1. The lowest BCUT2D eigenvalue weighted by atomic mass is 9.79. The van der Waals surface area contributed by atoms with E-state index in [1.54, 1.807) is 25.6 Å². The highest BCUT2D eigenvalue weighted by Gasteiger charge is 2.39. The van der Waals surface area contributed by atoms with Crippen molar-refractivity contribution in [3.63, 3.8) is 0 Å². The second kappa shape index (κ2) is 8.60. The van der Waals surface area contributed by atoms with Crippen molar-refractivity contribution in [2.24, 2.45) is 5.92 Å². The lowest BCUT2D eigenvalue weighted by molar-refractivity contribution is -0.145. The van der Waals surface area contributed by atoms with Gasteiger partial charge in [0.25, 0.3) is 0 Å². The summed E-state index contributed by atoms with van der Waals surface area (Å²) < 4.78 is 5.14. The summed E-state index contributed by atoms with van der Waals surface area (Å²) >= 11 is 1.44. The van der Waals surface area contributed by atoms with Gasteiger partial charge in [-0.15, -0.1) is 11.3 Å². The molecule has 9 heteroatoms. The Bertz CT molecular complexity index is 1090. The van der Waals surface area contributed by atoms with Gasteiger partial charge in [0, 0.05) is 24.1 Å². The SMILES string of the molecule is COc1ccnc(Nc2cc(C)cc(-c3cnc([C@]4(O)CC[C@@H](C(=O)O)CC4)s3)c2)n1. The number of nitrogens with one attached hydrogen (secondary N) is 1. The zero-order valence-corrected chi connectivity index (χ0v) is 18.1. The van der Waals surface area contributed by atoms with Crippen LogP contribution in [0, 0.1) is 12.8 Å². The van der Waals surface area contributed by atoms with E-state index in [1.165, 1.54) is 11.3 Å². The molecule has 2 aromatic heterocycles. The number of anilines is 2. The molecule has 0 amide bonds. The highest BCUT2D eigenvalue weighted by Crippen LogP contribution is 2.43. The number of carboxylic acid groups (broad SMARTS) is 1. The van der Waals surface area contributed by atoms with Crippen LogP contribution >= 0.6 is 11.3 Å². The molecule has 1 fully saturated rings. The number of ether oxygens (including phenoxy) is 1. The Kier molecular flexibility index (Phi) is 5.88. The fourth-order valence-electron chi connectivity index (χ4n) is 3.82. The van der Waals surface area contributed by atoms with Crippen LogP contribution in [-0.2, 0) is 10.4 Å². The zero-order valence-electron chi connectivity index (χ0n) is 17.3. The van der Waals surface area contributed by atoms with Crippen LogP contribution in [0.5, 0.6) is 5.88 Å². The van der Waals surface area contributed by atoms with Gasteiger partial charge in [0.15, 0.2) is 0 Å². The minimum Gasteiger partial charge on any atom is -0.481 e. The van der Waals surface area contributed by atoms with E-state index in [0.29, 0.717) is 42.5 Å². The fraction of sp³-hybridized carbons (Fsp3) is 0.364. The quantitative estimate of drug-likeness (QED) is 0.524. The number of aryl methyl sites for hydroxylation is 1. The molecule has 4 rings (SSSR count). The van der Waals surface area contributed by atoms with Gasteiger partial charge < -0.3 is 20.3 Å². The van der Waals surface area contributed by atoms with Crippen molar-refractivity contribution >= 4 is 28.9 Å². The van der Waals surface area contributed by atoms with Crippen molar-refractivity contribution in [3.8, 4) is 16.3 Å². The maximum Gasteiger partial charge on any atom is 0.306 e. The van der Waals surface area contributed by atoms with Crippen LogP contribution in [0.1, 0.15) is 36.3 Å². The number of rotatable bonds is 6. The standard InChI is InChI=1S/C22H24N4O4S/c1-13-9-15(11-16(10-13)25-21-23-8-5-18(26-21)30-2)17-12-24-20(31-17)22(29)6-3-14(4-7-22)19(27)28/h5,8-12,14,29H,3-4,6-7H2,1-2H3,(H,27,28)(H,23,25,26)/t14-,22+. The maximum absolute atomic E-state index is 11.2. The first kappa shape index (κ1) is 21.2. The molecule has 0 saturated heterocycles. The van der Waals surface area contributed by atoms with Crippen molar-refractivity contribution in [3.05, 3.63) is 47.2 Å². The molecule has 2 heterocycles. The minimum atomic E-state index is -1.06. The number of aliphatic carboxylic acids is 1. The lowest BCUT2D eigenvalue weighted by Gasteiger charge is -2.32. The van der Waals surface area contributed by atoms with Crippen molar-refractivity contribution in [2.45, 2.75) is 38.2 Å². The molecule has 0 spiro atoms. The van der Waals surface area contributed by atoms with Gasteiger partial charge in [-0.3, -0.25) is 4.79 Å². The third-order valence-electron chi connectivity index (χ3n) is 5.52. The van der Waals surface area contributed by atoms with Crippen LogP contribution in [-0.4, -0.2) is 38.2 Å². The largest absolute Gasteiger partial charge is 0.481 e. The van der Waals surface area contributed by atoms with E-state index in [2.05, 4.69) is 26.3 Å². The van der Waals surface area contributed by atoms with E-state index >= 15 is 0 Å². The first-order chi connectivity index (χ1) is 14.9. The number of nitrogens with zero attached hydrogens (tertiary/aromatic N) is 3. The summed E-state index contributed by atoms with van der Waals surface area (Å²) in [7, 11) is 1.56. The third-order valence-corrected chi connectivity index (χ3v) is 6.76. The average molecular weight is 441 g/mol. The number of aliphatic hydroxyl groups is 1. The van der Waals surface area contributed by atoms with E-state index in [0.717, 1.165) is 21.7 Å². The molecular formula is C22H24N4O4S. The molecule has 0 radical (unpaired) electrons. The second-order valence-corrected chi connectivity index (χ2v) is 8.84. The molecule has 1 aromatic carbocycles. The molecule has 162 valence electrons. The third kappa shape index (κ3) is 4.67. The normalized spacial score (nSPS) is 20.9. The highest BCUT2D eigenvalue weighted by atomic mass is 32.1. The van der Waals surface area contributed by atoms with E-state index in [4.69, 9.17) is 4.74 Å². The monoisotopic (exact) mass is 440 g/mol. The predicted molar refractivity (Wildman–Crippen MR) is 118 cm³/mol. The molecule has 1 aliphatic rings. The molecule has 0 aliphatic heterocycles. The van der Waals surface area contributed by atoms with Gasteiger partial charge in [-0.1, -0.05) is 6.07 Å². The lowest BCUT2D eigenvalue weighted by Crippen LogP contribution is -2.33. The first-order valence-electron chi connectivity index (χ1n) is 10.0. The number of hydrogen-bond donors (Lipinski definition) is 3. The Hall–Kier alpha value is -3.04. The van der Waals surface area contributed by atoms with Gasteiger partial charge in [0.1, 0.15) is 10.6 Å². The van der Waals surface area contributed by atoms with Crippen LogP contribution in [0.3, 0.4) is 0 Å². The van der Waals surface area contributed by atoms with Crippen LogP contribution in [0.15, 0.2) is 36.7 Å². The van der Waals surface area contributed by atoms with E-state index in [9.17, 15) is 15.0 Å². The van der Waals surface area contributed by atoms with Gasteiger partial charge in [0.2, 0.25) is 11.8 Å². The van der Waals surface area contributed by atoms with Gasteiger partial charge in [-0.2, -0.15) is 4.98 Å². The van der Waals surface area contributed by atoms with Crippen LogP contribution in [0.4, 0.5) is 11.6 Å². The minimum absolute atomic E-state index is 0.385. The molecule has 0 unspecified atom stereocenters. The summed E-state index contributed by atoms with van der Waals surface area (Å²) in [5, 5.41) is 24.1. The molecule has 31 heavy (non-hydrogen) atoms. The Balaban J connectivity index is 1.55. The van der Waals surface area contributed by atoms with Crippen molar-refractivity contribution in [1.82, 2.24) is 15.0 Å². The van der Waals surface area contributed by atoms with E-state index < -0.39 is 11.6 Å². The smallest absolute Gasteiger partial charge is 0.306 e. The number of thiazole rings is 1. The van der Waals surface area contributed by atoms with Crippen LogP contribution in [0.25, 0.3) is 10.4 Å². The molecule has 0 bridgehead atoms. The van der Waals surface area contributed by atoms with Gasteiger partial charge in [-0.25, -0.2) is 9.97 Å². The van der Waals surface area contributed by atoms with Crippen molar-refractivity contribution in [1.29, 1.82) is 0 Å². The number of carboxylic acids is 1. The molecule has 1 aliphatic carbocycles. The fourth-order valence-corrected chi connectivity index (χ4v) is 4.87.